The third kappa shape index (κ3) is 3.52. The maximum atomic E-state index is 11.8. The fraction of sp³-hybridized carbons (Fsp3) is 0.438. The lowest BCUT2D eigenvalue weighted by Gasteiger charge is -2.24. The smallest absolute Gasteiger partial charge is 0.234 e. The van der Waals surface area contributed by atoms with Crippen molar-refractivity contribution >= 4 is 5.91 Å². The Balaban J connectivity index is 2.03. The van der Waals surface area contributed by atoms with Crippen molar-refractivity contribution in [2.75, 3.05) is 26.7 Å². The highest BCUT2D eigenvalue weighted by Crippen LogP contribution is 2.32. The van der Waals surface area contributed by atoms with Crippen molar-refractivity contribution in [1.29, 1.82) is 0 Å². The Morgan fingerprint density at radius 3 is 3.20 bits per heavy atom. The fourth-order valence-corrected chi connectivity index (χ4v) is 2.63. The summed E-state index contributed by atoms with van der Waals surface area (Å²) in [5, 5.41) is 2.71. The first-order valence-electron chi connectivity index (χ1n) is 6.82. The Hall–Kier alpha value is -1.99. The van der Waals surface area contributed by atoms with E-state index in [1.807, 2.05) is 18.2 Å². The zero-order valence-electron chi connectivity index (χ0n) is 11.8. The molecule has 0 saturated carbocycles. The van der Waals surface area contributed by atoms with Crippen LogP contribution in [0.4, 0.5) is 0 Å². The van der Waals surface area contributed by atoms with Crippen LogP contribution in [0.3, 0.4) is 0 Å². The number of amides is 1. The molecule has 0 aliphatic carbocycles. The monoisotopic (exact) mass is 272 g/mol. The Kier molecular flexibility index (Phi) is 5.03. The summed E-state index contributed by atoms with van der Waals surface area (Å²) in [6.45, 7) is 1.62. The first-order chi connectivity index (χ1) is 9.74. The van der Waals surface area contributed by atoms with Crippen molar-refractivity contribution in [2.45, 2.75) is 18.9 Å². The highest BCUT2D eigenvalue weighted by Gasteiger charge is 2.27. The number of benzene rings is 1. The molecule has 1 aromatic carbocycles. The van der Waals surface area contributed by atoms with Crippen LogP contribution < -0.4 is 10.1 Å². The van der Waals surface area contributed by atoms with Crippen LogP contribution in [0.2, 0.25) is 0 Å². The minimum atomic E-state index is -0.0160. The largest absolute Gasteiger partial charge is 0.497 e. The van der Waals surface area contributed by atoms with Gasteiger partial charge < -0.3 is 10.1 Å². The molecule has 4 nitrogen and oxygen atoms in total. The molecule has 2 rings (SSSR count). The van der Waals surface area contributed by atoms with Crippen LogP contribution in [0, 0.1) is 12.3 Å². The first-order valence-corrected chi connectivity index (χ1v) is 6.82. The molecule has 0 aromatic heterocycles. The molecule has 1 atom stereocenters. The SMILES string of the molecule is C#CCNC(=O)CN1CCCC1c1cccc(OC)c1. The number of nitrogens with one attached hydrogen (secondary N) is 1. The molecular formula is C16H20N2O2. The Labute approximate surface area is 120 Å². The van der Waals surface area contributed by atoms with Gasteiger partial charge >= 0.3 is 0 Å². The van der Waals surface area contributed by atoms with Crippen LogP contribution >= 0.6 is 0 Å². The highest BCUT2D eigenvalue weighted by molar-refractivity contribution is 5.78. The summed E-state index contributed by atoms with van der Waals surface area (Å²) in [6.07, 6.45) is 7.31. The predicted molar refractivity (Wildman–Crippen MR) is 78.4 cm³/mol. The van der Waals surface area contributed by atoms with Crippen LogP contribution in [0.25, 0.3) is 0 Å². The van der Waals surface area contributed by atoms with Gasteiger partial charge in [-0.15, -0.1) is 6.42 Å². The van der Waals surface area contributed by atoms with Gasteiger partial charge in [0.1, 0.15) is 5.75 Å². The summed E-state index contributed by atoms with van der Waals surface area (Å²) in [7, 11) is 1.67. The summed E-state index contributed by atoms with van der Waals surface area (Å²) in [6, 6.07) is 8.33. The molecule has 1 aromatic rings. The second kappa shape index (κ2) is 6.97. The van der Waals surface area contributed by atoms with E-state index >= 15 is 0 Å². The maximum absolute atomic E-state index is 11.8. The van der Waals surface area contributed by atoms with Crippen LogP contribution in [-0.2, 0) is 4.79 Å². The van der Waals surface area contributed by atoms with E-state index in [1.165, 1.54) is 5.56 Å². The van der Waals surface area contributed by atoms with E-state index in [9.17, 15) is 4.79 Å². The van der Waals surface area contributed by atoms with Gasteiger partial charge in [-0.1, -0.05) is 18.1 Å². The lowest BCUT2D eigenvalue weighted by Crippen LogP contribution is -2.37. The van der Waals surface area contributed by atoms with E-state index in [0.29, 0.717) is 6.54 Å². The number of likely N-dealkylation sites (tertiary alicyclic amines) is 1. The first kappa shape index (κ1) is 14.4. The van der Waals surface area contributed by atoms with Crippen molar-refractivity contribution in [3.05, 3.63) is 29.8 Å². The molecule has 106 valence electrons. The topological polar surface area (TPSA) is 41.6 Å². The van der Waals surface area contributed by atoms with Crippen LogP contribution in [-0.4, -0.2) is 37.6 Å². The molecule has 1 aliphatic rings. The van der Waals surface area contributed by atoms with Gasteiger partial charge in [-0.2, -0.15) is 0 Å². The molecule has 0 bridgehead atoms. The van der Waals surface area contributed by atoms with Gasteiger partial charge in [0.15, 0.2) is 0 Å². The molecule has 1 saturated heterocycles. The molecule has 20 heavy (non-hydrogen) atoms. The van der Waals surface area contributed by atoms with E-state index in [2.05, 4.69) is 22.2 Å². The highest BCUT2D eigenvalue weighted by atomic mass is 16.5. The number of terminal acetylenes is 1. The van der Waals surface area contributed by atoms with Crippen molar-refractivity contribution in [3.63, 3.8) is 0 Å². The van der Waals surface area contributed by atoms with Gasteiger partial charge in [-0.3, -0.25) is 9.69 Å². The van der Waals surface area contributed by atoms with E-state index < -0.39 is 0 Å². The van der Waals surface area contributed by atoms with Crippen molar-refractivity contribution in [2.24, 2.45) is 0 Å². The van der Waals surface area contributed by atoms with Crippen molar-refractivity contribution in [1.82, 2.24) is 10.2 Å². The molecule has 1 unspecified atom stereocenters. The maximum Gasteiger partial charge on any atom is 0.234 e. The molecule has 1 amide bonds. The molecule has 0 radical (unpaired) electrons. The molecule has 1 heterocycles. The van der Waals surface area contributed by atoms with E-state index in [1.54, 1.807) is 7.11 Å². The van der Waals surface area contributed by atoms with E-state index in [-0.39, 0.29) is 18.5 Å². The number of rotatable bonds is 5. The van der Waals surface area contributed by atoms with E-state index in [4.69, 9.17) is 11.2 Å². The Morgan fingerprint density at radius 1 is 1.60 bits per heavy atom. The van der Waals surface area contributed by atoms with Gasteiger partial charge in [-0.25, -0.2) is 0 Å². The minimum Gasteiger partial charge on any atom is -0.497 e. The van der Waals surface area contributed by atoms with Gasteiger partial charge in [0.2, 0.25) is 5.91 Å². The lowest BCUT2D eigenvalue weighted by molar-refractivity contribution is -0.122. The summed E-state index contributed by atoms with van der Waals surface area (Å²) in [5.41, 5.74) is 1.20. The van der Waals surface area contributed by atoms with Crippen molar-refractivity contribution in [3.8, 4) is 18.1 Å². The molecule has 1 N–H and O–H groups in total. The Bertz CT molecular complexity index is 507. The van der Waals surface area contributed by atoms with Gasteiger partial charge in [0, 0.05) is 6.04 Å². The quantitative estimate of drug-likeness (QED) is 0.828. The minimum absolute atomic E-state index is 0.0160. The predicted octanol–water partition coefficient (Wildman–Crippen LogP) is 1.58. The molecule has 1 aliphatic heterocycles. The number of hydrogen-bond donors (Lipinski definition) is 1. The third-order valence-corrected chi connectivity index (χ3v) is 3.58. The molecular weight excluding hydrogens is 252 g/mol. The number of hydrogen-bond acceptors (Lipinski definition) is 3. The van der Waals surface area contributed by atoms with E-state index in [0.717, 1.165) is 25.1 Å². The van der Waals surface area contributed by atoms with Crippen LogP contribution in [0.5, 0.6) is 5.75 Å². The standard InChI is InChI=1S/C16H20N2O2/c1-3-9-17-16(19)12-18-10-5-8-15(18)13-6-4-7-14(11-13)20-2/h1,4,6-7,11,15H,5,8-10,12H2,2H3,(H,17,19). The zero-order valence-corrected chi connectivity index (χ0v) is 11.8. The molecule has 1 fully saturated rings. The summed E-state index contributed by atoms with van der Waals surface area (Å²) < 4.78 is 5.26. The van der Waals surface area contributed by atoms with Gasteiger partial charge in [-0.05, 0) is 37.1 Å². The lowest BCUT2D eigenvalue weighted by atomic mass is 10.0. The number of nitrogens with zero attached hydrogens (tertiary/aromatic N) is 1. The number of methoxy groups -OCH3 is 1. The molecule has 0 spiro atoms. The number of carbonyl (C=O) groups is 1. The van der Waals surface area contributed by atoms with Crippen LogP contribution in [0.1, 0.15) is 24.4 Å². The second-order valence-electron chi connectivity index (χ2n) is 4.89. The summed E-state index contributed by atoms with van der Waals surface area (Å²) in [5.74, 6) is 3.25. The zero-order chi connectivity index (χ0) is 14.4. The fourth-order valence-electron chi connectivity index (χ4n) is 2.63. The average Bonchev–Trinajstić information content (AvgIpc) is 2.93. The second-order valence-corrected chi connectivity index (χ2v) is 4.89. The molecule has 4 heteroatoms. The number of carbonyl (C=O) groups excluding carboxylic acids is 1. The third-order valence-electron chi connectivity index (χ3n) is 3.58. The van der Waals surface area contributed by atoms with Gasteiger partial charge in [0.05, 0.1) is 20.2 Å². The normalized spacial score (nSPS) is 18.5. The van der Waals surface area contributed by atoms with Crippen LogP contribution in [0.15, 0.2) is 24.3 Å². The summed E-state index contributed by atoms with van der Waals surface area (Å²) in [4.78, 5) is 14.0. The Morgan fingerprint density at radius 2 is 2.45 bits per heavy atom. The average molecular weight is 272 g/mol. The summed E-state index contributed by atoms with van der Waals surface area (Å²) >= 11 is 0. The number of ether oxygens (including phenoxy) is 1. The van der Waals surface area contributed by atoms with Gasteiger partial charge in [0.25, 0.3) is 0 Å². The van der Waals surface area contributed by atoms with Crippen molar-refractivity contribution < 1.29 is 9.53 Å².